The minimum atomic E-state index is -0.0979. The molecule has 0 fully saturated rings. The first-order valence-corrected chi connectivity index (χ1v) is 7.16. The second-order valence-electron chi connectivity index (χ2n) is 5.22. The van der Waals surface area contributed by atoms with Gasteiger partial charge in [-0.15, -0.1) is 0 Å². The molecule has 21 heavy (non-hydrogen) atoms. The van der Waals surface area contributed by atoms with Gasteiger partial charge in [0.25, 0.3) is 5.91 Å². The lowest BCUT2D eigenvalue weighted by molar-refractivity contribution is -0.123. The van der Waals surface area contributed by atoms with Crippen LogP contribution in [0, 0.1) is 6.92 Å². The molecule has 3 heteroatoms. The highest BCUT2D eigenvalue weighted by Gasteiger charge is 2.08. The van der Waals surface area contributed by atoms with Gasteiger partial charge in [-0.2, -0.15) is 0 Å². The summed E-state index contributed by atoms with van der Waals surface area (Å²) in [5.41, 5.74) is 2.34. The van der Waals surface area contributed by atoms with Gasteiger partial charge >= 0.3 is 0 Å². The van der Waals surface area contributed by atoms with Crippen molar-refractivity contribution in [3.63, 3.8) is 0 Å². The van der Waals surface area contributed by atoms with E-state index in [0.717, 1.165) is 11.3 Å². The maximum absolute atomic E-state index is 11.8. The van der Waals surface area contributed by atoms with Gasteiger partial charge in [0.15, 0.2) is 6.61 Å². The van der Waals surface area contributed by atoms with E-state index in [1.165, 1.54) is 5.56 Å². The molecule has 0 saturated heterocycles. The fourth-order valence-electron chi connectivity index (χ4n) is 2.07. The van der Waals surface area contributed by atoms with E-state index in [9.17, 15) is 4.79 Å². The van der Waals surface area contributed by atoms with Crippen molar-refractivity contribution in [3.05, 3.63) is 65.7 Å². The Morgan fingerprint density at radius 1 is 1.14 bits per heavy atom. The van der Waals surface area contributed by atoms with E-state index in [-0.39, 0.29) is 18.4 Å². The minimum Gasteiger partial charge on any atom is -0.484 e. The van der Waals surface area contributed by atoms with Gasteiger partial charge in [0.05, 0.1) is 0 Å². The largest absolute Gasteiger partial charge is 0.484 e. The van der Waals surface area contributed by atoms with E-state index >= 15 is 0 Å². The molecule has 0 unspecified atom stereocenters. The number of benzene rings is 2. The number of carbonyl (C=O) groups is 1. The molecule has 2 aromatic rings. The Hall–Kier alpha value is -2.29. The Morgan fingerprint density at radius 2 is 1.90 bits per heavy atom. The van der Waals surface area contributed by atoms with Crippen LogP contribution < -0.4 is 10.1 Å². The van der Waals surface area contributed by atoms with Crippen LogP contribution in [0.15, 0.2) is 54.6 Å². The molecule has 0 aliphatic carbocycles. The Kier molecular flexibility index (Phi) is 5.38. The van der Waals surface area contributed by atoms with Crippen LogP contribution in [0.2, 0.25) is 0 Å². The highest BCUT2D eigenvalue weighted by molar-refractivity contribution is 5.77. The fourth-order valence-corrected chi connectivity index (χ4v) is 2.07. The third-order valence-electron chi connectivity index (χ3n) is 3.33. The van der Waals surface area contributed by atoms with E-state index in [1.807, 2.05) is 49.4 Å². The standard InChI is InChI=1S/C18H21NO2/c1-14-7-6-10-17(11-14)21-13-18(20)19-12-15(2)16-8-4-3-5-9-16/h3-11,15H,12-13H2,1-2H3,(H,19,20)/t15-/m0/s1. The van der Waals surface area contributed by atoms with Crippen LogP contribution in [0.25, 0.3) is 0 Å². The van der Waals surface area contributed by atoms with Gasteiger partial charge in [0.2, 0.25) is 0 Å². The van der Waals surface area contributed by atoms with Gasteiger partial charge in [0.1, 0.15) is 5.75 Å². The van der Waals surface area contributed by atoms with Crippen LogP contribution in [-0.2, 0) is 4.79 Å². The summed E-state index contributed by atoms with van der Waals surface area (Å²) in [6.45, 7) is 4.75. The highest BCUT2D eigenvalue weighted by Crippen LogP contribution is 2.13. The highest BCUT2D eigenvalue weighted by atomic mass is 16.5. The summed E-state index contributed by atoms with van der Waals surface area (Å²) in [7, 11) is 0. The van der Waals surface area contributed by atoms with Crippen molar-refractivity contribution in [3.8, 4) is 5.75 Å². The summed E-state index contributed by atoms with van der Waals surface area (Å²) in [5.74, 6) is 0.912. The number of aryl methyl sites for hydroxylation is 1. The van der Waals surface area contributed by atoms with E-state index in [2.05, 4.69) is 24.4 Å². The molecule has 0 bridgehead atoms. The summed E-state index contributed by atoms with van der Waals surface area (Å²) in [6, 6.07) is 17.8. The Labute approximate surface area is 126 Å². The predicted octanol–water partition coefficient (Wildman–Crippen LogP) is 3.29. The average molecular weight is 283 g/mol. The van der Waals surface area contributed by atoms with Crippen molar-refractivity contribution in [1.29, 1.82) is 0 Å². The fraction of sp³-hybridized carbons (Fsp3) is 0.278. The molecule has 3 nitrogen and oxygen atoms in total. The smallest absolute Gasteiger partial charge is 0.257 e. The normalized spacial score (nSPS) is 11.7. The summed E-state index contributed by atoms with van der Waals surface area (Å²) in [4.78, 5) is 11.8. The number of nitrogens with one attached hydrogen (secondary N) is 1. The van der Waals surface area contributed by atoms with Crippen molar-refractivity contribution in [2.24, 2.45) is 0 Å². The molecule has 0 heterocycles. The maximum Gasteiger partial charge on any atom is 0.257 e. The molecule has 0 aliphatic heterocycles. The average Bonchev–Trinajstić information content (AvgIpc) is 2.51. The number of carbonyl (C=O) groups excluding carboxylic acids is 1. The molecule has 0 saturated carbocycles. The number of hydrogen-bond acceptors (Lipinski definition) is 2. The number of hydrogen-bond donors (Lipinski definition) is 1. The lowest BCUT2D eigenvalue weighted by Crippen LogP contribution is -2.31. The zero-order valence-electron chi connectivity index (χ0n) is 12.5. The molecule has 0 radical (unpaired) electrons. The van der Waals surface area contributed by atoms with Gasteiger partial charge in [-0.3, -0.25) is 4.79 Å². The maximum atomic E-state index is 11.8. The number of ether oxygens (including phenoxy) is 1. The van der Waals surface area contributed by atoms with Gasteiger partial charge in [0, 0.05) is 6.54 Å². The molecule has 0 aliphatic rings. The summed E-state index contributed by atoms with van der Waals surface area (Å²) < 4.78 is 5.47. The van der Waals surface area contributed by atoms with Crippen molar-refractivity contribution < 1.29 is 9.53 Å². The third kappa shape index (κ3) is 4.95. The first-order chi connectivity index (χ1) is 10.1. The second kappa shape index (κ2) is 7.48. The van der Waals surface area contributed by atoms with Gasteiger partial charge < -0.3 is 10.1 Å². The SMILES string of the molecule is Cc1cccc(OCC(=O)NC[C@H](C)c2ccccc2)c1. The van der Waals surface area contributed by atoms with Crippen LogP contribution in [-0.4, -0.2) is 19.1 Å². The molecule has 0 spiro atoms. The summed E-state index contributed by atoms with van der Waals surface area (Å²) >= 11 is 0. The molecule has 2 rings (SSSR count). The Balaban J connectivity index is 1.75. The first kappa shape index (κ1) is 15.1. The molecule has 2 aromatic carbocycles. The molecule has 1 N–H and O–H groups in total. The van der Waals surface area contributed by atoms with E-state index in [1.54, 1.807) is 0 Å². The predicted molar refractivity (Wildman–Crippen MR) is 84.5 cm³/mol. The topological polar surface area (TPSA) is 38.3 Å². The van der Waals surface area contributed by atoms with Crippen LogP contribution in [0.4, 0.5) is 0 Å². The lowest BCUT2D eigenvalue weighted by Gasteiger charge is -2.13. The monoisotopic (exact) mass is 283 g/mol. The van der Waals surface area contributed by atoms with Gasteiger partial charge in [-0.25, -0.2) is 0 Å². The van der Waals surface area contributed by atoms with Gasteiger partial charge in [-0.05, 0) is 36.1 Å². The number of rotatable bonds is 6. The van der Waals surface area contributed by atoms with Crippen LogP contribution in [0.3, 0.4) is 0 Å². The first-order valence-electron chi connectivity index (χ1n) is 7.16. The second-order valence-corrected chi connectivity index (χ2v) is 5.22. The number of amides is 1. The third-order valence-corrected chi connectivity index (χ3v) is 3.33. The Bertz CT molecular complexity index is 581. The van der Waals surface area contributed by atoms with Crippen LogP contribution in [0.1, 0.15) is 24.0 Å². The molecule has 110 valence electrons. The van der Waals surface area contributed by atoms with Crippen LogP contribution in [0.5, 0.6) is 5.75 Å². The van der Waals surface area contributed by atoms with E-state index in [0.29, 0.717) is 6.54 Å². The molecule has 0 aromatic heterocycles. The summed E-state index contributed by atoms with van der Waals surface area (Å²) in [6.07, 6.45) is 0. The van der Waals surface area contributed by atoms with E-state index in [4.69, 9.17) is 4.74 Å². The molecule has 1 amide bonds. The van der Waals surface area contributed by atoms with Crippen molar-refractivity contribution in [1.82, 2.24) is 5.32 Å². The van der Waals surface area contributed by atoms with Crippen LogP contribution >= 0.6 is 0 Å². The van der Waals surface area contributed by atoms with Crippen molar-refractivity contribution in [2.75, 3.05) is 13.2 Å². The Morgan fingerprint density at radius 3 is 2.62 bits per heavy atom. The van der Waals surface area contributed by atoms with E-state index < -0.39 is 0 Å². The zero-order chi connectivity index (χ0) is 15.1. The van der Waals surface area contributed by atoms with Crippen molar-refractivity contribution >= 4 is 5.91 Å². The molecule has 1 atom stereocenters. The van der Waals surface area contributed by atoms with Gasteiger partial charge in [-0.1, -0.05) is 49.4 Å². The minimum absolute atomic E-state index is 0.0466. The molecular formula is C18H21NO2. The lowest BCUT2D eigenvalue weighted by atomic mass is 10.0. The molecular weight excluding hydrogens is 262 g/mol. The van der Waals surface area contributed by atoms with Crippen molar-refractivity contribution in [2.45, 2.75) is 19.8 Å². The summed E-state index contributed by atoms with van der Waals surface area (Å²) in [5, 5.41) is 2.90. The zero-order valence-corrected chi connectivity index (χ0v) is 12.5. The quantitative estimate of drug-likeness (QED) is 0.883.